The highest BCUT2D eigenvalue weighted by atomic mass is 32.2. The van der Waals surface area contributed by atoms with Crippen LogP contribution in [0.25, 0.3) is 0 Å². The number of aliphatic carboxylic acids is 1. The second kappa shape index (κ2) is 27.1. The number of nitrogens with one attached hydrogen (secondary N) is 4. The number of rotatable bonds is 29. The summed E-state index contributed by atoms with van der Waals surface area (Å²) in [6, 6.07) is -1.14. The van der Waals surface area contributed by atoms with Crippen LogP contribution in [0.2, 0.25) is 0 Å². The highest BCUT2D eigenvalue weighted by Crippen LogP contribution is 2.25. The van der Waals surface area contributed by atoms with Crippen molar-refractivity contribution in [3.8, 4) is 0 Å². The van der Waals surface area contributed by atoms with Crippen LogP contribution in [0, 0.1) is 0 Å². The molecule has 0 aromatic rings. The molecule has 1 saturated heterocycles. The first-order valence-corrected chi connectivity index (χ1v) is 17.6. The zero-order valence-corrected chi connectivity index (χ0v) is 29.9. The van der Waals surface area contributed by atoms with Crippen molar-refractivity contribution in [1.29, 1.82) is 0 Å². The van der Waals surface area contributed by atoms with Crippen LogP contribution in [-0.4, -0.2) is 166 Å². The number of aliphatic hydroxyl groups excluding tert-OH is 1. The Balaban J connectivity index is 1.99. The van der Waals surface area contributed by atoms with Crippen molar-refractivity contribution in [2.24, 2.45) is 5.73 Å². The average Bonchev–Trinajstić information content (AvgIpc) is 3.38. The minimum atomic E-state index is -1.19. The zero-order chi connectivity index (χ0) is 38.0. The fourth-order valence-electron chi connectivity index (χ4n) is 4.06. The van der Waals surface area contributed by atoms with Crippen molar-refractivity contribution in [3.63, 3.8) is 0 Å². The first-order chi connectivity index (χ1) is 24.4. The topological polar surface area (TPSA) is 283 Å². The zero-order valence-electron chi connectivity index (χ0n) is 29.1. The SMILES string of the molecule is CC[C@H](CO)OC(COC(=O)NCCC(=O)NCCNC(=O)CCOCCOCCNC(=O)CCN1C(=O)CC(SC[C@@H](N)C(=O)O)C1=O)OC. The second-order valence-electron chi connectivity index (χ2n) is 10.9. The number of aliphatic hydroxyl groups is 1. The molecule has 20 nitrogen and oxygen atoms in total. The number of carbonyl (C=O) groups excluding carboxylic acids is 6. The van der Waals surface area contributed by atoms with E-state index in [1.165, 1.54) is 7.11 Å². The standard InChI is InChI=1S/C30H52N6O14S/c1-3-20(17-37)50-27(46-2)18-49-30(45)35-7-4-23(38)32-8-9-33-25(40)6-12-47-14-15-48-13-10-34-24(39)5-11-36-26(41)16-22(28(36)42)51-19-21(31)29(43)44/h20-22,27,37H,3-19,31H2,1-2H3,(H,32,38)(H,33,40)(H,34,39)(H,35,45)(H,43,44)/t20-,21-,22?,27?/m1/s1. The van der Waals surface area contributed by atoms with Gasteiger partial charge in [0.2, 0.25) is 29.5 Å². The van der Waals surface area contributed by atoms with Crippen molar-refractivity contribution in [2.45, 2.75) is 62.7 Å². The average molecular weight is 753 g/mol. The number of carboxylic acid groups (broad SMARTS) is 1. The number of hydrogen-bond donors (Lipinski definition) is 7. The lowest BCUT2D eigenvalue weighted by Crippen LogP contribution is -2.37. The summed E-state index contributed by atoms with van der Waals surface area (Å²) in [5.41, 5.74) is 5.44. The number of ether oxygens (including phenoxy) is 5. The first kappa shape index (κ1) is 45.4. The third-order valence-corrected chi connectivity index (χ3v) is 8.30. The molecule has 0 spiro atoms. The molecule has 2 unspecified atom stereocenters. The van der Waals surface area contributed by atoms with Gasteiger partial charge in [0.25, 0.3) is 0 Å². The van der Waals surface area contributed by atoms with Gasteiger partial charge >= 0.3 is 12.1 Å². The monoisotopic (exact) mass is 752 g/mol. The largest absolute Gasteiger partial charge is 0.480 e. The highest BCUT2D eigenvalue weighted by Gasteiger charge is 2.39. The molecule has 1 heterocycles. The summed E-state index contributed by atoms with van der Waals surface area (Å²) >= 11 is 1.01. The maximum Gasteiger partial charge on any atom is 0.407 e. The Kier molecular flexibility index (Phi) is 24.1. The summed E-state index contributed by atoms with van der Waals surface area (Å²) in [6.45, 7) is 2.78. The predicted molar refractivity (Wildman–Crippen MR) is 180 cm³/mol. The molecule has 0 bridgehead atoms. The molecule has 21 heteroatoms. The Bertz CT molecular complexity index is 1120. The molecule has 4 atom stereocenters. The Hall–Kier alpha value is -3.60. The molecular formula is C30H52N6O14S. The molecule has 51 heavy (non-hydrogen) atoms. The number of imide groups is 1. The molecule has 0 aromatic heterocycles. The number of thioether (sulfide) groups is 1. The van der Waals surface area contributed by atoms with Gasteiger partial charge in [0, 0.05) is 71.3 Å². The lowest BCUT2D eigenvalue weighted by molar-refractivity contribution is -0.181. The van der Waals surface area contributed by atoms with Gasteiger partial charge in [-0.25, -0.2) is 4.79 Å². The van der Waals surface area contributed by atoms with Gasteiger partial charge in [0.15, 0.2) is 6.29 Å². The number of methoxy groups -OCH3 is 1. The van der Waals surface area contributed by atoms with E-state index in [1.807, 2.05) is 6.92 Å². The third-order valence-electron chi connectivity index (χ3n) is 6.98. The molecule has 1 rings (SSSR count). The molecule has 1 aliphatic rings. The molecule has 0 saturated carbocycles. The Morgan fingerprint density at radius 2 is 1.53 bits per heavy atom. The van der Waals surface area contributed by atoms with E-state index >= 15 is 0 Å². The van der Waals surface area contributed by atoms with Gasteiger partial charge in [-0.15, -0.1) is 11.8 Å². The Labute approximate surface area is 300 Å². The first-order valence-electron chi connectivity index (χ1n) is 16.5. The Morgan fingerprint density at radius 1 is 0.902 bits per heavy atom. The minimum absolute atomic E-state index is 0.00278. The van der Waals surface area contributed by atoms with E-state index in [-0.39, 0.29) is 122 Å². The van der Waals surface area contributed by atoms with Crippen molar-refractivity contribution in [3.05, 3.63) is 0 Å². The van der Waals surface area contributed by atoms with Crippen LogP contribution >= 0.6 is 11.8 Å². The van der Waals surface area contributed by atoms with E-state index in [4.69, 9.17) is 34.5 Å². The van der Waals surface area contributed by atoms with E-state index in [1.54, 1.807) is 0 Å². The smallest absolute Gasteiger partial charge is 0.407 e. The third kappa shape index (κ3) is 20.7. The van der Waals surface area contributed by atoms with E-state index in [2.05, 4.69) is 21.3 Å². The molecule has 8 N–H and O–H groups in total. The number of nitrogens with zero attached hydrogens (tertiary/aromatic N) is 1. The van der Waals surface area contributed by atoms with Gasteiger partial charge in [-0.2, -0.15) is 0 Å². The fourth-order valence-corrected chi connectivity index (χ4v) is 5.17. The quantitative estimate of drug-likeness (QED) is 0.0232. The van der Waals surface area contributed by atoms with Gasteiger partial charge in [-0.3, -0.25) is 33.7 Å². The maximum atomic E-state index is 12.4. The molecule has 1 fully saturated rings. The van der Waals surface area contributed by atoms with E-state index in [9.17, 15) is 38.7 Å². The molecule has 1 aliphatic heterocycles. The number of alkyl carbamates (subject to hydrolysis) is 1. The van der Waals surface area contributed by atoms with Crippen molar-refractivity contribution in [2.75, 3.05) is 85.2 Å². The predicted octanol–water partition coefficient (Wildman–Crippen LogP) is -2.70. The van der Waals surface area contributed by atoms with Crippen molar-refractivity contribution >= 4 is 53.4 Å². The fraction of sp³-hybridized carbons (Fsp3) is 0.767. The summed E-state index contributed by atoms with van der Waals surface area (Å²) in [5.74, 6) is -3.06. The van der Waals surface area contributed by atoms with E-state index in [0.29, 0.717) is 6.42 Å². The number of hydrogen-bond acceptors (Lipinski definition) is 15. The van der Waals surface area contributed by atoms with Gasteiger partial charge in [-0.05, 0) is 6.42 Å². The van der Waals surface area contributed by atoms with Crippen molar-refractivity contribution in [1.82, 2.24) is 26.2 Å². The van der Waals surface area contributed by atoms with Crippen molar-refractivity contribution < 1.29 is 67.5 Å². The molecule has 0 aliphatic carbocycles. The molecular weight excluding hydrogens is 700 g/mol. The van der Waals surface area contributed by atoms with Crippen LogP contribution in [0.3, 0.4) is 0 Å². The maximum absolute atomic E-state index is 12.4. The van der Waals surface area contributed by atoms with Crippen LogP contribution in [0.15, 0.2) is 0 Å². The van der Waals surface area contributed by atoms with Crippen LogP contribution < -0.4 is 27.0 Å². The lowest BCUT2D eigenvalue weighted by Gasteiger charge is -2.21. The number of carboxylic acids is 1. The number of amides is 6. The van der Waals surface area contributed by atoms with Crippen LogP contribution in [0.5, 0.6) is 0 Å². The summed E-state index contributed by atoms with van der Waals surface area (Å²) in [4.78, 5) is 84.1. The van der Waals surface area contributed by atoms with Crippen LogP contribution in [0.1, 0.15) is 39.0 Å². The normalized spacial score (nSPS) is 15.9. The van der Waals surface area contributed by atoms with Gasteiger partial charge in [-0.1, -0.05) is 6.92 Å². The highest BCUT2D eigenvalue weighted by molar-refractivity contribution is 8.00. The van der Waals surface area contributed by atoms with Crippen LogP contribution in [-0.2, 0) is 52.5 Å². The number of carbonyl (C=O) groups is 7. The van der Waals surface area contributed by atoms with Gasteiger partial charge in [0.05, 0.1) is 44.4 Å². The van der Waals surface area contributed by atoms with E-state index in [0.717, 1.165) is 16.7 Å². The lowest BCUT2D eigenvalue weighted by atomic mass is 10.3. The molecule has 292 valence electrons. The minimum Gasteiger partial charge on any atom is -0.480 e. The summed E-state index contributed by atoms with van der Waals surface area (Å²) in [5, 5.41) is 27.6. The number of nitrogens with two attached hydrogens (primary N) is 1. The summed E-state index contributed by atoms with van der Waals surface area (Å²) in [6.07, 6.45) is -1.53. The Morgan fingerprint density at radius 3 is 2.16 bits per heavy atom. The molecule has 0 radical (unpaired) electrons. The van der Waals surface area contributed by atoms with Crippen LogP contribution in [0.4, 0.5) is 4.79 Å². The molecule has 6 amide bonds. The second-order valence-corrected chi connectivity index (χ2v) is 12.2. The molecule has 0 aromatic carbocycles. The van der Waals surface area contributed by atoms with Gasteiger partial charge < -0.3 is 60.9 Å². The number of likely N-dealkylation sites (tertiary alicyclic amines) is 1. The summed E-state index contributed by atoms with van der Waals surface area (Å²) in [7, 11) is 1.38. The van der Waals surface area contributed by atoms with Gasteiger partial charge in [0.1, 0.15) is 12.6 Å². The summed E-state index contributed by atoms with van der Waals surface area (Å²) < 4.78 is 26.2. The van der Waals surface area contributed by atoms with E-state index < -0.39 is 47.6 Å².